The van der Waals surface area contributed by atoms with Gasteiger partial charge in [0.1, 0.15) is 17.0 Å². The number of nitrogens with one attached hydrogen (secondary N) is 1. The zero-order valence-electron chi connectivity index (χ0n) is 28.8. The zero-order chi connectivity index (χ0) is 35.4. The maximum Gasteiger partial charge on any atom is 0.433 e. The Kier molecular flexibility index (Phi) is 21.8. The second-order valence-corrected chi connectivity index (χ2v) is 10.3. The minimum absolute atomic E-state index is 0.0897. The summed E-state index contributed by atoms with van der Waals surface area (Å²) in [4.78, 5) is 29.9. The van der Waals surface area contributed by atoms with Gasteiger partial charge in [-0.2, -0.15) is 13.2 Å². The molecule has 2 heterocycles. The molecule has 1 aliphatic rings. The minimum atomic E-state index is -4.76. The van der Waals surface area contributed by atoms with Gasteiger partial charge in [-0.15, -0.1) is 0 Å². The number of nitrogens with zero attached hydrogens (tertiary/aromatic N) is 2. The Morgan fingerprint density at radius 1 is 1.00 bits per heavy atom. The molecule has 2 amide bonds. The monoisotopic (exact) mass is 663 g/mol. The number of alkyl halides is 3. The molecule has 1 aromatic heterocycles. The topological polar surface area (TPSA) is 107 Å². The molecule has 2 unspecified atom stereocenters. The Bertz CT molecular complexity index is 1170. The highest BCUT2D eigenvalue weighted by molar-refractivity contribution is 7.79. The van der Waals surface area contributed by atoms with Crippen molar-refractivity contribution in [2.24, 2.45) is 0 Å². The van der Waals surface area contributed by atoms with E-state index in [1.165, 1.54) is 30.5 Å². The van der Waals surface area contributed by atoms with Crippen LogP contribution in [0.25, 0.3) is 0 Å². The van der Waals surface area contributed by atoms with E-state index in [-0.39, 0.29) is 47.9 Å². The van der Waals surface area contributed by atoms with Gasteiger partial charge in [0.15, 0.2) is 11.1 Å². The molecule has 1 aliphatic heterocycles. The van der Waals surface area contributed by atoms with Crippen LogP contribution < -0.4 is 10.1 Å². The average molecular weight is 664 g/mol. The number of likely N-dealkylation sites (tertiary alicyclic amines) is 1. The van der Waals surface area contributed by atoms with E-state index in [1.54, 1.807) is 31.7 Å². The van der Waals surface area contributed by atoms with Crippen molar-refractivity contribution in [1.82, 2.24) is 15.2 Å². The van der Waals surface area contributed by atoms with E-state index in [0.29, 0.717) is 13.0 Å². The number of halogens is 3. The summed E-state index contributed by atoms with van der Waals surface area (Å²) in [5.74, 6) is -0.580. The van der Waals surface area contributed by atoms with Crippen LogP contribution in [-0.4, -0.2) is 57.1 Å². The summed E-state index contributed by atoms with van der Waals surface area (Å²) in [7, 11) is 0. The molecule has 1 fully saturated rings. The van der Waals surface area contributed by atoms with E-state index in [2.05, 4.69) is 10.3 Å². The maximum absolute atomic E-state index is 13.5. The smallest absolute Gasteiger partial charge is 0.433 e. The Balaban J connectivity index is 0. The van der Waals surface area contributed by atoms with E-state index in [1.807, 2.05) is 55.4 Å². The first-order valence-corrected chi connectivity index (χ1v) is 16.8. The number of ether oxygens (including phenoxy) is 2. The number of hydrogen-bond acceptors (Lipinski definition) is 7. The number of aromatic nitrogens is 1. The van der Waals surface area contributed by atoms with Crippen LogP contribution in [0.2, 0.25) is 0 Å². The second-order valence-electron chi connectivity index (χ2n) is 9.34. The predicted octanol–water partition coefficient (Wildman–Crippen LogP) is 8.55. The van der Waals surface area contributed by atoms with Crippen LogP contribution in [0.5, 0.6) is 11.6 Å². The molecule has 13 heteroatoms. The highest BCUT2D eigenvalue weighted by Gasteiger charge is 2.34. The van der Waals surface area contributed by atoms with Gasteiger partial charge in [0.25, 0.3) is 5.91 Å². The van der Waals surface area contributed by atoms with Crippen LogP contribution in [0.3, 0.4) is 0 Å². The highest BCUT2D eigenvalue weighted by atomic mass is 32.2. The molecule has 0 spiro atoms. The molecule has 1 N–H and O–H groups in total. The largest absolute Gasteiger partial charge is 0.444 e. The van der Waals surface area contributed by atoms with E-state index < -0.39 is 34.6 Å². The molecule has 258 valence electrons. The molecule has 45 heavy (non-hydrogen) atoms. The van der Waals surface area contributed by atoms with Crippen molar-refractivity contribution in [3.63, 3.8) is 0 Å². The first kappa shape index (κ1) is 43.9. The third-order valence-corrected chi connectivity index (χ3v) is 5.54. The van der Waals surface area contributed by atoms with Gasteiger partial charge in [0.05, 0.1) is 6.10 Å². The summed E-state index contributed by atoms with van der Waals surface area (Å²) in [6, 6.07) is 8.03. The van der Waals surface area contributed by atoms with Crippen molar-refractivity contribution in [2.45, 2.75) is 107 Å². The SMILES string of the molecule is CC.CC.CC.CC.CS(=O)OC1CCN(C(=O)c2cccc(Oc3cc(CNC(=O)OC(C)(C)C)cc(C(F)(F)F)n3)c2)C1. The number of carbonyl (C=O) groups excluding carboxylic acids is 2. The first-order valence-electron chi connectivity index (χ1n) is 15.3. The lowest BCUT2D eigenvalue weighted by molar-refractivity contribution is -0.141. The molecule has 1 aromatic carbocycles. The second kappa shape index (κ2) is 22.3. The van der Waals surface area contributed by atoms with E-state index in [0.717, 1.165) is 6.07 Å². The Morgan fingerprint density at radius 2 is 1.60 bits per heavy atom. The van der Waals surface area contributed by atoms with Crippen LogP contribution in [-0.2, 0) is 32.7 Å². The first-order chi connectivity index (χ1) is 21.2. The zero-order valence-corrected chi connectivity index (χ0v) is 29.6. The molecule has 2 atom stereocenters. The number of pyridine rings is 1. The standard InChI is InChI=1S/C24H28F3N3O6S.4C2H6/c1-23(2,3)35-22(32)28-13-15-10-19(24(25,26)27)29-20(11-15)34-17-7-5-6-16(12-17)21(31)30-9-8-18(14-30)36-37(4)33;4*1-2/h5-7,10-12,18H,8-9,13-14H2,1-4H3,(H,28,32);4*1-2H3. The van der Waals surface area contributed by atoms with Gasteiger partial charge in [0, 0.05) is 37.5 Å². The Labute approximate surface area is 269 Å². The van der Waals surface area contributed by atoms with E-state index in [4.69, 9.17) is 13.7 Å². The minimum Gasteiger partial charge on any atom is -0.444 e. The van der Waals surface area contributed by atoms with Crippen LogP contribution in [0.1, 0.15) is 104 Å². The maximum atomic E-state index is 13.5. The van der Waals surface area contributed by atoms with Crippen molar-refractivity contribution in [1.29, 1.82) is 0 Å². The average Bonchev–Trinajstić information content (AvgIpc) is 3.46. The number of alkyl carbamates (subject to hydrolysis) is 1. The summed E-state index contributed by atoms with van der Waals surface area (Å²) in [6.07, 6.45) is -3.93. The van der Waals surface area contributed by atoms with Gasteiger partial charge in [0.2, 0.25) is 5.88 Å². The summed E-state index contributed by atoms with van der Waals surface area (Å²) in [5.41, 5.74) is -1.62. The summed E-state index contributed by atoms with van der Waals surface area (Å²) >= 11 is -1.45. The van der Waals surface area contributed by atoms with E-state index in [9.17, 15) is 27.0 Å². The van der Waals surface area contributed by atoms with Crippen molar-refractivity contribution >= 4 is 23.1 Å². The van der Waals surface area contributed by atoms with Gasteiger partial charge >= 0.3 is 12.3 Å². The fourth-order valence-corrected chi connectivity index (χ4v) is 4.07. The lowest BCUT2D eigenvalue weighted by Gasteiger charge is -2.20. The van der Waals surface area contributed by atoms with Crippen LogP contribution in [0.15, 0.2) is 36.4 Å². The lowest BCUT2D eigenvalue weighted by atomic mass is 10.2. The van der Waals surface area contributed by atoms with Gasteiger partial charge in [-0.25, -0.2) is 14.0 Å². The van der Waals surface area contributed by atoms with Crippen molar-refractivity contribution in [2.75, 3.05) is 19.3 Å². The van der Waals surface area contributed by atoms with Crippen LogP contribution >= 0.6 is 0 Å². The Morgan fingerprint density at radius 3 is 2.13 bits per heavy atom. The molecule has 3 rings (SSSR count). The van der Waals surface area contributed by atoms with Crippen molar-refractivity contribution in [3.8, 4) is 11.6 Å². The van der Waals surface area contributed by atoms with E-state index >= 15 is 0 Å². The number of carbonyl (C=O) groups is 2. The quantitative estimate of drug-likeness (QED) is 0.316. The summed E-state index contributed by atoms with van der Waals surface area (Å²) < 4.78 is 67.6. The fourth-order valence-electron chi connectivity index (χ4n) is 3.53. The third-order valence-electron chi connectivity index (χ3n) is 5.00. The molecule has 0 radical (unpaired) electrons. The third kappa shape index (κ3) is 17.2. The highest BCUT2D eigenvalue weighted by Crippen LogP contribution is 2.32. The van der Waals surface area contributed by atoms with Crippen molar-refractivity contribution < 1.29 is 40.6 Å². The summed E-state index contributed by atoms with van der Waals surface area (Å²) in [5, 5.41) is 2.40. The Hall–Kier alpha value is -3.19. The summed E-state index contributed by atoms with van der Waals surface area (Å²) in [6.45, 7) is 21.4. The molecular formula is C32H52F3N3O6S. The normalized spacial score (nSPS) is 14.4. The number of benzene rings is 1. The fraction of sp³-hybridized carbons (Fsp3) is 0.594. The predicted molar refractivity (Wildman–Crippen MR) is 174 cm³/mol. The number of amides is 2. The molecular weight excluding hydrogens is 611 g/mol. The van der Waals surface area contributed by atoms with Crippen molar-refractivity contribution in [3.05, 3.63) is 53.2 Å². The van der Waals surface area contributed by atoms with Crippen LogP contribution in [0.4, 0.5) is 18.0 Å². The van der Waals surface area contributed by atoms with Gasteiger partial charge in [-0.1, -0.05) is 61.5 Å². The molecule has 1 saturated heterocycles. The number of hydrogen-bond donors (Lipinski definition) is 1. The van der Waals surface area contributed by atoms with Gasteiger partial charge in [-0.3, -0.25) is 8.98 Å². The van der Waals surface area contributed by atoms with Crippen LogP contribution in [0, 0.1) is 0 Å². The van der Waals surface area contributed by atoms with Gasteiger partial charge in [-0.05, 0) is 57.0 Å². The molecule has 9 nitrogen and oxygen atoms in total. The lowest BCUT2D eigenvalue weighted by Crippen LogP contribution is -2.32. The molecule has 0 bridgehead atoms. The molecule has 2 aromatic rings. The molecule has 0 saturated carbocycles. The number of rotatable bonds is 7. The molecule has 0 aliphatic carbocycles. The van der Waals surface area contributed by atoms with Gasteiger partial charge < -0.3 is 19.7 Å².